The Balaban J connectivity index is 0.00000264. The molecule has 0 N–H and O–H groups in total. The van der Waals surface area contributed by atoms with Crippen LogP contribution in [-0.2, 0) is 21.1 Å². The molecule has 0 unspecified atom stereocenters. The molecule has 38 heavy (non-hydrogen) atoms. The molecular weight excluding hydrogens is 649 g/mol. The van der Waals surface area contributed by atoms with Gasteiger partial charge < -0.3 is 9.13 Å². The summed E-state index contributed by atoms with van der Waals surface area (Å²) in [7, 11) is 0. The van der Waals surface area contributed by atoms with Crippen molar-refractivity contribution in [3.05, 3.63) is 140 Å². The van der Waals surface area contributed by atoms with Gasteiger partial charge in [0.2, 0.25) is 0 Å². The van der Waals surface area contributed by atoms with Gasteiger partial charge in [-0.3, -0.25) is 14.9 Å². The molecule has 3 aromatic carbocycles. The number of hydrogen-bond acceptors (Lipinski definition) is 3. The van der Waals surface area contributed by atoms with Gasteiger partial charge in [-0.1, -0.05) is 102 Å². The normalized spacial score (nSPS) is 10.9. The number of pyridine rings is 2. The fourth-order valence-corrected chi connectivity index (χ4v) is 4.69. The molecule has 4 heterocycles. The predicted molar refractivity (Wildman–Crippen MR) is 148 cm³/mol. The van der Waals surface area contributed by atoms with Crippen molar-refractivity contribution in [2.24, 2.45) is 0 Å². The van der Waals surface area contributed by atoms with Crippen LogP contribution in [0.2, 0.25) is 0 Å². The molecule has 0 bridgehead atoms. The van der Waals surface area contributed by atoms with Crippen LogP contribution in [0.1, 0.15) is 0 Å². The van der Waals surface area contributed by atoms with Crippen molar-refractivity contribution in [2.45, 2.75) is 0 Å². The average Bonchev–Trinajstić information content (AvgIpc) is 3.59. The van der Waals surface area contributed by atoms with Crippen LogP contribution in [0.3, 0.4) is 0 Å². The van der Waals surface area contributed by atoms with Crippen molar-refractivity contribution in [2.75, 3.05) is 4.90 Å². The molecule has 7 aromatic rings. The van der Waals surface area contributed by atoms with Crippen LogP contribution in [0.4, 0.5) is 17.3 Å². The van der Waals surface area contributed by atoms with Crippen molar-refractivity contribution < 1.29 is 21.1 Å². The maximum absolute atomic E-state index is 5.06. The van der Waals surface area contributed by atoms with Crippen molar-refractivity contribution in [1.82, 2.24) is 19.1 Å². The van der Waals surface area contributed by atoms with E-state index in [-0.39, 0.29) is 21.1 Å². The van der Waals surface area contributed by atoms with Crippen LogP contribution >= 0.6 is 0 Å². The summed E-state index contributed by atoms with van der Waals surface area (Å²) in [4.78, 5) is 12.2. The Hall–Kier alpha value is -4.47. The third-order valence-electron chi connectivity index (χ3n) is 6.42. The molecule has 7 rings (SSSR count). The third kappa shape index (κ3) is 4.21. The first-order valence-electron chi connectivity index (χ1n) is 12.1. The quantitative estimate of drug-likeness (QED) is 0.179. The van der Waals surface area contributed by atoms with Crippen LogP contribution in [0, 0.1) is 12.4 Å². The van der Waals surface area contributed by atoms with E-state index >= 15 is 0 Å². The maximum atomic E-state index is 5.06. The van der Waals surface area contributed by atoms with E-state index in [9.17, 15) is 0 Å². The smallest absolute Gasteiger partial charge is 0.429 e. The number of fused-ring (bicyclic) bond motifs is 2. The number of aromatic nitrogens is 4. The number of hydrogen-bond donors (Lipinski definition) is 0. The van der Waals surface area contributed by atoms with Crippen LogP contribution in [0.5, 0.6) is 0 Å². The van der Waals surface area contributed by atoms with Crippen LogP contribution in [-0.4, -0.2) is 19.1 Å². The zero-order chi connectivity index (χ0) is 24.6. The summed E-state index contributed by atoms with van der Waals surface area (Å²) in [6.45, 7) is 0. The van der Waals surface area contributed by atoms with E-state index < -0.39 is 0 Å². The number of benzene rings is 3. The molecule has 5 nitrogen and oxygen atoms in total. The molecule has 0 saturated heterocycles. The van der Waals surface area contributed by atoms with E-state index in [2.05, 4.69) is 53.7 Å². The molecule has 0 aliphatic carbocycles. The minimum Gasteiger partial charge on any atom is -0.429 e. The van der Waals surface area contributed by atoms with Gasteiger partial charge in [-0.15, -0.1) is 35.0 Å². The summed E-state index contributed by atoms with van der Waals surface area (Å²) in [5.74, 6) is 3.11. The average molecular weight is 671 g/mol. The van der Waals surface area contributed by atoms with Crippen LogP contribution < -0.4 is 4.90 Å². The molecule has 0 atom stereocenters. The number of anilines is 3. The molecule has 0 spiro atoms. The number of nitrogens with zero attached hydrogens (tertiary/aromatic N) is 5. The minimum atomic E-state index is 0. The number of rotatable bonds is 5. The molecular formula is C32H21N5Pt. The van der Waals surface area contributed by atoms with E-state index in [1.54, 1.807) is 0 Å². The van der Waals surface area contributed by atoms with Gasteiger partial charge in [-0.25, -0.2) is 0 Å². The Labute approximate surface area is 234 Å². The molecule has 0 aliphatic heterocycles. The Morgan fingerprint density at radius 3 is 1.50 bits per heavy atom. The third-order valence-corrected chi connectivity index (χ3v) is 6.42. The van der Waals surface area contributed by atoms with E-state index in [0.717, 1.165) is 50.8 Å². The molecule has 0 fully saturated rings. The molecule has 0 saturated carbocycles. The molecule has 184 valence electrons. The Bertz CT molecular complexity index is 1740. The van der Waals surface area contributed by atoms with Gasteiger partial charge in [0.15, 0.2) is 0 Å². The van der Waals surface area contributed by atoms with E-state index in [0.29, 0.717) is 0 Å². The zero-order valence-electron chi connectivity index (χ0n) is 20.2. The van der Waals surface area contributed by atoms with Gasteiger partial charge in [0.25, 0.3) is 0 Å². The topological polar surface area (TPSA) is 38.9 Å². The second-order valence-electron chi connectivity index (χ2n) is 8.71. The van der Waals surface area contributed by atoms with Gasteiger partial charge in [0.1, 0.15) is 11.6 Å². The molecule has 0 amide bonds. The van der Waals surface area contributed by atoms with Crippen LogP contribution in [0.25, 0.3) is 33.4 Å². The van der Waals surface area contributed by atoms with Gasteiger partial charge in [-0.05, 0) is 24.3 Å². The first-order chi connectivity index (χ1) is 18.3. The summed E-state index contributed by atoms with van der Waals surface area (Å²) >= 11 is 0. The van der Waals surface area contributed by atoms with Crippen molar-refractivity contribution in [3.8, 4) is 11.6 Å². The first kappa shape index (κ1) is 23.9. The van der Waals surface area contributed by atoms with Crippen LogP contribution in [0.15, 0.2) is 127 Å². The summed E-state index contributed by atoms with van der Waals surface area (Å²) in [6.07, 6.45) is 6.67. The van der Waals surface area contributed by atoms with Gasteiger partial charge >= 0.3 is 21.1 Å². The van der Waals surface area contributed by atoms with E-state index in [1.807, 2.05) is 100 Å². The second kappa shape index (κ2) is 10.1. The fraction of sp³-hybridized carbons (Fsp3) is 0. The largest absolute Gasteiger partial charge is 2.00 e. The van der Waals surface area contributed by atoms with Crippen molar-refractivity contribution in [1.29, 1.82) is 0 Å². The Kier molecular flexibility index (Phi) is 6.36. The second-order valence-corrected chi connectivity index (χ2v) is 8.71. The van der Waals surface area contributed by atoms with Crippen molar-refractivity contribution in [3.63, 3.8) is 0 Å². The molecule has 0 radical (unpaired) electrons. The van der Waals surface area contributed by atoms with Gasteiger partial charge in [-0.2, -0.15) is 0 Å². The molecule has 4 aromatic heterocycles. The molecule has 6 heteroatoms. The zero-order valence-corrected chi connectivity index (χ0v) is 22.4. The van der Waals surface area contributed by atoms with Gasteiger partial charge in [0, 0.05) is 5.69 Å². The first-order valence-corrected chi connectivity index (χ1v) is 12.1. The predicted octanol–water partition coefficient (Wildman–Crippen LogP) is 7.43. The SMILES string of the molecule is [Pt+2].[c-]1cc2ccccc2n1-c1cccc(N(c2ccccc2)c2cccc(-n3[c-]cc4ccccc43)n2)n1. The fourth-order valence-electron chi connectivity index (χ4n) is 4.69. The maximum Gasteiger partial charge on any atom is 2.00 e. The molecule has 0 aliphatic rings. The van der Waals surface area contributed by atoms with E-state index in [1.165, 1.54) is 0 Å². The summed E-state index contributed by atoms with van der Waals surface area (Å²) < 4.78 is 3.99. The van der Waals surface area contributed by atoms with E-state index in [4.69, 9.17) is 9.97 Å². The monoisotopic (exact) mass is 670 g/mol. The summed E-state index contributed by atoms with van der Waals surface area (Å²) in [6, 6.07) is 42.7. The number of para-hydroxylation sites is 3. The summed E-state index contributed by atoms with van der Waals surface area (Å²) in [5.41, 5.74) is 3.10. The van der Waals surface area contributed by atoms with Crippen molar-refractivity contribution >= 4 is 39.1 Å². The Morgan fingerprint density at radius 2 is 0.974 bits per heavy atom. The minimum absolute atomic E-state index is 0. The standard InChI is InChI=1S/C32H21N5.Pt/c1-2-12-26(13-3-1)37(31-18-8-16-29(33-31)35-22-20-24-10-4-6-14-27(24)35)32-19-9-17-30(34-32)36-23-21-25-11-5-7-15-28(25)36;/h1-21H;/q-2;+2. The van der Waals surface area contributed by atoms with Gasteiger partial charge in [0.05, 0.1) is 11.6 Å². The summed E-state index contributed by atoms with van der Waals surface area (Å²) in [5, 5.41) is 2.25. The Morgan fingerprint density at radius 1 is 0.500 bits per heavy atom.